The van der Waals surface area contributed by atoms with E-state index >= 15 is 0 Å². The third kappa shape index (κ3) is 4.07. The number of carbonyl (C=O) groups excluding carboxylic acids is 1. The smallest absolute Gasteiger partial charge is 0.193 e. The molecule has 1 heterocycles. The van der Waals surface area contributed by atoms with Gasteiger partial charge in [0.05, 0.1) is 5.56 Å². The molecule has 0 radical (unpaired) electrons. The molecule has 5 nitrogen and oxygen atoms in total. The highest BCUT2D eigenvalue weighted by molar-refractivity contribution is 6.11. The fourth-order valence-corrected chi connectivity index (χ4v) is 2.82. The topological polar surface area (TPSA) is 65.0 Å². The lowest BCUT2D eigenvalue weighted by molar-refractivity contribution is 0.0502. The number of phenolic OH excluding ortho intramolecular Hbond substituents is 1. The highest BCUT2D eigenvalue weighted by atomic mass is 19.1. The molecule has 28 heavy (non-hydrogen) atoms. The van der Waals surface area contributed by atoms with Crippen molar-refractivity contribution in [1.82, 2.24) is 0 Å². The van der Waals surface area contributed by atoms with Crippen LogP contribution in [0.5, 0.6) is 17.2 Å². The van der Waals surface area contributed by atoms with Gasteiger partial charge in [0.2, 0.25) is 0 Å². The van der Waals surface area contributed by atoms with Crippen molar-refractivity contribution in [3.8, 4) is 17.2 Å². The van der Waals surface area contributed by atoms with Gasteiger partial charge in [-0.15, -0.1) is 0 Å². The van der Waals surface area contributed by atoms with Crippen molar-refractivity contribution in [2.45, 2.75) is 19.4 Å². The minimum Gasteiger partial charge on any atom is -0.507 e. The molecule has 0 fully saturated rings. The summed E-state index contributed by atoms with van der Waals surface area (Å²) in [6.45, 7) is 3.63. The van der Waals surface area contributed by atoms with Crippen LogP contribution in [0.4, 0.5) is 4.39 Å². The number of ether oxygens (including phenoxy) is 3. The fraction of sp³-hybridized carbons (Fsp3) is 0.227. The molecule has 146 valence electrons. The first-order valence-corrected chi connectivity index (χ1v) is 8.69. The van der Waals surface area contributed by atoms with Crippen molar-refractivity contribution in [1.29, 1.82) is 0 Å². The minimum absolute atomic E-state index is 0.00946. The molecule has 0 bridgehead atoms. The van der Waals surface area contributed by atoms with Gasteiger partial charge in [-0.25, -0.2) is 4.39 Å². The van der Waals surface area contributed by atoms with Gasteiger partial charge in [0.1, 0.15) is 34.2 Å². The highest BCUT2D eigenvalue weighted by Gasteiger charge is 2.30. The Hall–Kier alpha value is -3.12. The molecule has 0 saturated heterocycles. The average Bonchev–Trinajstić information content (AvgIpc) is 2.64. The van der Waals surface area contributed by atoms with Crippen LogP contribution in [0, 0.1) is 5.82 Å². The molecule has 6 heteroatoms. The van der Waals surface area contributed by atoms with Gasteiger partial charge < -0.3 is 19.3 Å². The maximum atomic E-state index is 13.8. The molecule has 0 saturated carbocycles. The quantitative estimate of drug-likeness (QED) is 0.448. The number of rotatable bonds is 6. The van der Waals surface area contributed by atoms with E-state index in [1.165, 1.54) is 31.4 Å². The zero-order valence-electron chi connectivity index (χ0n) is 15.9. The summed E-state index contributed by atoms with van der Waals surface area (Å²) in [5.41, 5.74) is 0.107. The Morgan fingerprint density at radius 1 is 1.32 bits per heavy atom. The second kappa shape index (κ2) is 7.86. The molecule has 0 amide bonds. The largest absolute Gasteiger partial charge is 0.507 e. The summed E-state index contributed by atoms with van der Waals surface area (Å²) in [7, 11) is 1.48. The molecule has 0 unspecified atom stereocenters. The molecule has 2 aromatic carbocycles. The number of aromatic hydroxyl groups is 1. The molecular formula is C22H21FO5. The summed E-state index contributed by atoms with van der Waals surface area (Å²) >= 11 is 0. The number of fused-ring (bicyclic) bond motifs is 1. The van der Waals surface area contributed by atoms with Gasteiger partial charge in [-0.1, -0.05) is 18.2 Å². The van der Waals surface area contributed by atoms with Crippen molar-refractivity contribution in [2.75, 3.05) is 13.9 Å². The van der Waals surface area contributed by atoms with Crippen LogP contribution in [-0.2, 0) is 4.74 Å². The van der Waals surface area contributed by atoms with E-state index in [2.05, 4.69) is 0 Å². The zero-order valence-corrected chi connectivity index (χ0v) is 15.9. The van der Waals surface area contributed by atoms with E-state index in [9.17, 15) is 14.3 Å². The van der Waals surface area contributed by atoms with Crippen LogP contribution in [0.3, 0.4) is 0 Å². The van der Waals surface area contributed by atoms with Crippen LogP contribution >= 0.6 is 0 Å². The van der Waals surface area contributed by atoms with Gasteiger partial charge in [0, 0.05) is 18.7 Å². The number of benzene rings is 2. The maximum absolute atomic E-state index is 13.8. The van der Waals surface area contributed by atoms with Gasteiger partial charge in [0.15, 0.2) is 12.6 Å². The highest BCUT2D eigenvalue weighted by Crippen LogP contribution is 2.44. The number of allylic oxidation sites excluding steroid dienone is 1. The van der Waals surface area contributed by atoms with Crippen LogP contribution in [0.15, 0.2) is 42.5 Å². The molecule has 1 aliphatic rings. The van der Waals surface area contributed by atoms with Crippen molar-refractivity contribution >= 4 is 17.9 Å². The molecule has 1 N–H and O–H groups in total. The molecule has 0 spiro atoms. The number of carbonyl (C=O) groups is 1. The second-order valence-electron chi connectivity index (χ2n) is 6.82. The maximum Gasteiger partial charge on any atom is 0.193 e. The Morgan fingerprint density at radius 3 is 2.79 bits per heavy atom. The first-order valence-electron chi connectivity index (χ1n) is 8.69. The normalized spacial score (nSPS) is 14.6. The number of hydrogen-bond acceptors (Lipinski definition) is 5. The average molecular weight is 384 g/mol. The molecule has 2 aromatic rings. The molecule has 1 aliphatic heterocycles. The third-order valence-corrected chi connectivity index (χ3v) is 4.18. The molecule has 0 aliphatic carbocycles. The number of halogens is 1. The summed E-state index contributed by atoms with van der Waals surface area (Å²) in [4.78, 5) is 12.8. The van der Waals surface area contributed by atoms with Crippen molar-refractivity contribution in [3.63, 3.8) is 0 Å². The lowest BCUT2D eigenvalue weighted by Crippen LogP contribution is -2.28. The van der Waals surface area contributed by atoms with Crippen LogP contribution in [-0.4, -0.2) is 30.4 Å². The standard InChI is InChI=1S/C22H21FO5/c1-22(2)11-10-15-19(27-13-26-3)12-18(25)20(21(15)28-22)17(24)9-8-14-6-4-5-7-16(14)23/h4-12,25H,13H2,1-3H3/b9-8+. The fourth-order valence-electron chi connectivity index (χ4n) is 2.82. The summed E-state index contributed by atoms with van der Waals surface area (Å²) < 4.78 is 30.1. The second-order valence-corrected chi connectivity index (χ2v) is 6.82. The molecule has 3 rings (SSSR count). The van der Waals surface area contributed by atoms with Crippen LogP contribution in [0.2, 0.25) is 0 Å². The van der Waals surface area contributed by atoms with Crippen molar-refractivity contribution in [2.24, 2.45) is 0 Å². The molecule has 0 atom stereocenters. The number of methoxy groups -OCH3 is 1. The molecular weight excluding hydrogens is 363 g/mol. The van der Waals surface area contributed by atoms with Crippen molar-refractivity contribution < 1.29 is 28.5 Å². The van der Waals surface area contributed by atoms with E-state index in [1.54, 1.807) is 24.3 Å². The monoisotopic (exact) mass is 384 g/mol. The number of phenols is 1. The molecule has 0 aromatic heterocycles. The van der Waals surface area contributed by atoms with E-state index in [0.29, 0.717) is 11.3 Å². The Balaban J connectivity index is 2.04. The lowest BCUT2D eigenvalue weighted by atomic mass is 9.96. The Morgan fingerprint density at radius 2 is 2.07 bits per heavy atom. The first-order chi connectivity index (χ1) is 13.3. The van der Waals surface area contributed by atoms with Crippen molar-refractivity contribution in [3.05, 3.63) is 65.0 Å². The summed E-state index contributed by atoms with van der Waals surface area (Å²) in [6.07, 6.45) is 6.18. The van der Waals surface area contributed by atoms with E-state index in [1.807, 2.05) is 19.9 Å². The summed E-state index contributed by atoms with van der Waals surface area (Å²) in [5, 5.41) is 10.5. The SMILES string of the molecule is COCOc1cc(O)c(C(=O)/C=C/c2ccccc2F)c2c1C=CC(C)(C)O2. The lowest BCUT2D eigenvalue weighted by Gasteiger charge is -2.30. The van der Waals surface area contributed by atoms with Crippen LogP contribution < -0.4 is 9.47 Å². The Labute approximate surface area is 162 Å². The summed E-state index contributed by atoms with van der Waals surface area (Å²) in [6, 6.07) is 7.44. The Kier molecular flexibility index (Phi) is 5.51. The minimum atomic E-state index is -0.677. The van der Waals surface area contributed by atoms with Gasteiger partial charge in [-0.05, 0) is 44.2 Å². The first kappa shape index (κ1) is 19.6. The third-order valence-electron chi connectivity index (χ3n) is 4.18. The van der Waals surface area contributed by atoms with E-state index in [0.717, 1.165) is 0 Å². The van der Waals surface area contributed by atoms with Gasteiger partial charge in [-0.3, -0.25) is 4.79 Å². The Bertz CT molecular complexity index is 960. The van der Waals surface area contributed by atoms with Gasteiger partial charge >= 0.3 is 0 Å². The van der Waals surface area contributed by atoms with E-state index in [-0.39, 0.29) is 29.4 Å². The number of ketones is 1. The predicted octanol–water partition coefficient (Wildman–Crippen LogP) is 4.59. The van der Waals surface area contributed by atoms with Gasteiger partial charge in [-0.2, -0.15) is 0 Å². The summed E-state index contributed by atoms with van der Waals surface area (Å²) in [5.74, 6) is -0.709. The van der Waals surface area contributed by atoms with Crippen LogP contribution in [0.1, 0.15) is 35.3 Å². The predicted molar refractivity (Wildman–Crippen MR) is 104 cm³/mol. The van der Waals surface area contributed by atoms with E-state index < -0.39 is 17.2 Å². The van der Waals surface area contributed by atoms with Gasteiger partial charge in [0.25, 0.3) is 0 Å². The zero-order chi connectivity index (χ0) is 20.3. The van der Waals surface area contributed by atoms with Crippen LogP contribution in [0.25, 0.3) is 12.2 Å². The number of hydrogen-bond donors (Lipinski definition) is 1. The van der Waals surface area contributed by atoms with E-state index in [4.69, 9.17) is 14.2 Å².